The van der Waals surface area contributed by atoms with Gasteiger partial charge in [0.1, 0.15) is 11.4 Å². The Balaban J connectivity index is 1.99. The number of hydrogen-bond acceptors (Lipinski definition) is 2. The number of aromatic nitrogens is 1. The van der Waals surface area contributed by atoms with Crippen molar-refractivity contribution in [2.45, 2.75) is 39.8 Å². The predicted octanol–water partition coefficient (Wildman–Crippen LogP) is 3.08. The lowest BCUT2D eigenvalue weighted by Gasteiger charge is -2.35. The first-order valence-corrected chi connectivity index (χ1v) is 8.23. The Bertz CT molecular complexity index is 857. The summed E-state index contributed by atoms with van der Waals surface area (Å²) >= 11 is 0. The molecule has 0 N–H and O–H groups in total. The number of halogens is 1. The van der Waals surface area contributed by atoms with E-state index in [2.05, 4.69) is 0 Å². The molecule has 2 heterocycles. The Labute approximate surface area is 140 Å². The summed E-state index contributed by atoms with van der Waals surface area (Å²) in [5.74, 6) is -0.594. The van der Waals surface area contributed by atoms with Gasteiger partial charge in [0.15, 0.2) is 0 Å². The maximum atomic E-state index is 13.6. The van der Waals surface area contributed by atoms with Crippen molar-refractivity contribution in [1.29, 1.82) is 0 Å². The molecule has 0 radical (unpaired) electrons. The molecule has 0 saturated heterocycles. The fraction of sp³-hybridized carbons (Fsp3) is 0.368. The lowest BCUT2D eigenvalue weighted by Crippen LogP contribution is -2.42. The molecule has 0 spiro atoms. The maximum absolute atomic E-state index is 13.6. The summed E-state index contributed by atoms with van der Waals surface area (Å²) in [5.41, 5.74) is 2.62. The van der Waals surface area contributed by atoms with E-state index in [0.29, 0.717) is 19.5 Å². The van der Waals surface area contributed by atoms with Gasteiger partial charge in [0.2, 0.25) is 0 Å². The van der Waals surface area contributed by atoms with E-state index in [-0.39, 0.29) is 28.9 Å². The van der Waals surface area contributed by atoms with Crippen LogP contribution in [-0.4, -0.2) is 21.9 Å². The number of benzene rings is 1. The predicted molar refractivity (Wildman–Crippen MR) is 90.7 cm³/mol. The molecule has 3 rings (SSSR count). The molecule has 0 fully saturated rings. The molecular formula is C19H21FN2O2. The van der Waals surface area contributed by atoms with Gasteiger partial charge in [-0.15, -0.1) is 0 Å². The van der Waals surface area contributed by atoms with E-state index < -0.39 is 0 Å². The van der Waals surface area contributed by atoms with Crippen LogP contribution < -0.4 is 5.56 Å². The molecule has 0 aliphatic carbocycles. The number of nitrogens with zero attached hydrogens (tertiary/aromatic N) is 2. The highest BCUT2D eigenvalue weighted by Gasteiger charge is 2.30. The van der Waals surface area contributed by atoms with Crippen LogP contribution in [0.5, 0.6) is 0 Å². The van der Waals surface area contributed by atoms with Gasteiger partial charge in [-0.2, -0.15) is 0 Å². The topological polar surface area (TPSA) is 42.3 Å². The first-order valence-electron chi connectivity index (χ1n) is 8.23. The normalized spacial score (nSPS) is 16.8. The summed E-state index contributed by atoms with van der Waals surface area (Å²) in [6.07, 6.45) is 0.666. The van der Waals surface area contributed by atoms with Crippen molar-refractivity contribution in [2.24, 2.45) is 0 Å². The van der Waals surface area contributed by atoms with Gasteiger partial charge in [-0.1, -0.05) is 6.07 Å². The van der Waals surface area contributed by atoms with Crippen LogP contribution in [0.25, 0.3) is 0 Å². The lowest BCUT2D eigenvalue weighted by molar-refractivity contribution is 0.0674. The smallest absolute Gasteiger partial charge is 0.263 e. The second-order valence-electron chi connectivity index (χ2n) is 6.21. The minimum Gasteiger partial charge on any atom is -0.331 e. The van der Waals surface area contributed by atoms with Crippen LogP contribution in [0.4, 0.5) is 4.39 Å². The average Bonchev–Trinajstić information content (AvgIpc) is 2.56. The first kappa shape index (κ1) is 16.4. The van der Waals surface area contributed by atoms with Crippen molar-refractivity contribution in [1.82, 2.24) is 9.47 Å². The minimum atomic E-state index is -0.307. The third-order valence-corrected chi connectivity index (χ3v) is 4.85. The van der Waals surface area contributed by atoms with Gasteiger partial charge in [-0.3, -0.25) is 9.59 Å². The van der Waals surface area contributed by atoms with Crippen LogP contribution in [-0.2, 0) is 13.0 Å². The van der Waals surface area contributed by atoms with E-state index in [0.717, 1.165) is 16.8 Å². The largest absolute Gasteiger partial charge is 0.331 e. The molecule has 1 aliphatic heterocycles. The molecule has 0 unspecified atom stereocenters. The zero-order valence-electron chi connectivity index (χ0n) is 14.2. The summed E-state index contributed by atoms with van der Waals surface area (Å²) < 4.78 is 15.2. The summed E-state index contributed by atoms with van der Waals surface area (Å²) in [6, 6.07) is 7.84. The summed E-state index contributed by atoms with van der Waals surface area (Å²) in [5, 5.41) is 0. The molecule has 5 heteroatoms. The van der Waals surface area contributed by atoms with Crippen molar-refractivity contribution < 1.29 is 9.18 Å². The van der Waals surface area contributed by atoms with Crippen molar-refractivity contribution >= 4 is 5.91 Å². The highest BCUT2D eigenvalue weighted by molar-refractivity contribution is 5.94. The lowest BCUT2D eigenvalue weighted by atomic mass is 9.93. The van der Waals surface area contributed by atoms with Crippen molar-refractivity contribution in [3.05, 3.63) is 68.9 Å². The zero-order valence-corrected chi connectivity index (χ0v) is 14.2. The van der Waals surface area contributed by atoms with E-state index in [1.54, 1.807) is 27.7 Å². The second kappa shape index (κ2) is 6.23. The van der Waals surface area contributed by atoms with E-state index in [1.807, 2.05) is 20.8 Å². The number of hydrogen-bond donors (Lipinski definition) is 0. The highest BCUT2D eigenvalue weighted by Crippen LogP contribution is 2.30. The van der Waals surface area contributed by atoms with Gasteiger partial charge in [0, 0.05) is 18.8 Å². The van der Waals surface area contributed by atoms with Crippen molar-refractivity contribution in [3.63, 3.8) is 0 Å². The zero-order chi connectivity index (χ0) is 17.4. The fourth-order valence-corrected chi connectivity index (χ4v) is 3.44. The number of carbonyl (C=O) groups is 1. The van der Waals surface area contributed by atoms with Gasteiger partial charge in [-0.25, -0.2) is 4.39 Å². The number of carbonyl (C=O) groups excluding carboxylic acids is 1. The van der Waals surface area contributed by atoms with Crippen LogP contribution in [0.2, 0.25) is 0 Å². The van der Waals surface area contributed by atoms with E-state index in [4.69, 9.17) is 0 Å². The molecule has 0 saturated carbocycles. The summed E-state index contributed by atoms with van der Waals surface area (Å²) in [6.45, 7) is 6.65. The quantitative estimate of drug-likeness (QED) is 0.850. The Morgan fingerprint density at radius 3 is 2.75 bits per heavy atom. The number of pyridine rings is 1. The standard InChI is InChI=1S/C19H21FN2O2/c1-4-21-12(2)5-8-16(18(21)23)19(24)22-10-9-14-6-7-15(20)11-17(14)13(22)3/h5-8,11,13H,4,9-10H2,1-3H3/t13-/m1/s1. The molecule has 0 bridgehead atoms. The van der Waals surface area contributed by atoms with E-state index >= 15 is 0 Å². The van der Waals surface area contributed by atoms with Crippen LogP contribution in [0.1, 0.15) is 47.1 Å². The number of fused-ring (bicyclic) bond motifs is 1. The second-order valence-corrected chi connectivity index (χ2v) is 6.21. The number of aryl methyl sites for hydroxylation is 1. The molecular weight excluding hydrogens is 307 g/mol. The Hall–Kier alpha value is -2.43. The molecule has 1 aliphatic rings. The Morgan fingerprint density at radius 2 is 2.04 bits per heavy atom. The minimum absolute atomic E-state index is 0.175. The molecule has 126 valence electrons. The molecule has 1 atom stereocenters. The van der Waals surface area contributed by atoms with E-state index in [1.165, 1.54) is 12.1 Å². The van der Waals surface area contributed by atoms with Crippen LogP contribution >= 0.6 is 0 Å². The highest BCUT2D eigenvalue weighted by atomic mass is 19.1. The van der Waals surface area contributed by atoms with Crippen molar-refractivity contribution in [3.8, 4) is 0 Å². The van der Waals surface area contributed by atoms with Crippen LogP contribution in [0.3, 0.4) is 0 Å². The van der Waals surface area contributed by atoms with E-state index in [9.17, 15) is 14.0 Å². The third-order valence-electron chi connectivity index (χ3n) is 4.85. The number of amides is 1. The Morgan fingerprint density at radius 1 is 1.29 bits per heavy atom. The molecule has 4 nitrogen and oxygen atoms in total. The van der Waals surface area contributed by atoms with Gasteiger partial charge in [0.25, 0.3) is 11.5 Å². The molecule has 1 aromatic heterocycles. The molecule has 1 aromatic carbocycles. The summed E-state index contributed by atoms with van der Waals surface area (Å²) in [7, 11) is 0. The molecule has 1 amide bonds. The van der Waals surface area contributed by atoms with Crippen molar-refractivity contribution in [2.75, 3.05) is 6.54 Å². The van der Waals surface area contributed by atoms with Gasteiger partial charge in [-0.05, 0) is 62.6 Å². The summed E-state index contributed by atoms with van der Waals surface area (Å²) in [4.78, 5) is 27.2. The van der Waals surface area contributed by atoms with Crippen LogP contribution in [0.15, 0.2) is 35.1 Å². The van der Waals surface area contributed by atoms with Gasteiger partial charge in [0.05, 0.1) is 6.04 Å². The average molecular weight is 328 g/mol. The monoisotopic (exact) mass is 328 g/mol. The maximum Gasteiger partial charge on any atom is 0.263 e. The SMILES string of the molecule is CCn1c(C)ccc(C(=O)N2CCc3ccc(F)cc3[C@H]2C)c1=O. The third kappa shape index (κ3) is 2.64. The number of rotatable bonds is 2. The molecule has 24 heavy (non-hydrogen) atoms. The van der Waals surface area contributed by atoms with Crippen LogP contribution in [0, 0.1) is 12.7 Å². The van der Waals surface area contributed by atoms with Gasteiger partial charge < -0.3 is 9.47 Å². The first-order chi connectivity index (χ1) is 11.4. The fourth-order valence-electron chi connectivity index (χ4n) is 3.44. The molecule has 2 aromatic rings. The van der Waals surface area contributed by atoms with Gasteiger partial charge >= 0.3 is 0 Å². The Kier molecular flexibility index (Phi) is 4.26.